The van der Waals surface area contributed by atoms with Crippen molar-refractivity contribution in [2.24, 2.45) is 22.7 Å². The van der Waals surface area contributed by atoms with E-state index in [1.807, 2.05) is 6.07 Å². The molecule has 1 heterocycles. The van der Waals surface area contributed by atoms with Crippen LogP contribution in [-0.2, 0) is 57.2 Å². The number of esters is 5. The molecule has 270 valence electrons. The van der Waals surface area contributed by atoms with E-state index in [1.54, 1.807) is 44.2 Å². The molecule has 1 aliphatic heterocycles. The van der Waals surface area contributed by atoms with E-state index < -0.39 is 100 Å². The number of hydrogen-bond acceptors (Lipinski definition) is 13. The van der Waals surface area contributed by atoms with Crippen LogP contribution in [0.1, 0.15) is 66.9 Å². The molecule has 5 rings (SSSR count). The van der Waals surface area contributed by atoms with Crippen molar-refractivity contribution in [2.45, 2.75) is 103 Å². The van der Waals surface area contributed by atoms with Crippen molar-refractivity contribution < 1.29 is 62.3 Å². The summed E-state index contributed by atoms with van der Waals surface area (Å²) in [6.07, 6.45) is -4.76. The van der Waals surface area contributed by atoms with E-state index in [0.29, 0.717) is 0 Å². The van der Waals surface area contributed by atoms with E-state index in [4.69, 9.17) is 28.4 Å². The van der Waals surface area contributed by atoms with Crippen molar-refractivity contribution in [1.29, 1.82) is 0 Å². The van der Waals surface area contributed by atoms with Crippen LogP contribution in [0.3, 0.4) is 0 Å². The first-order chi connectivity index (χ1) is 23.3. The molecule has 3 saturated carbocycles. The van der Waals surface area contributed by atoms with Gasteiger partial charge in [-0.15, -0.1) is 0 Å². The number of hydrogen-bond donors (Lipinski definition) is 1. The predicted molar refractivity (Wildman–Crippen MR) is 173 cm³/mol. The summed E-state index contributed by atoms with van der Waals surface area (Å²) in [6.45, 7) is 13.3. The molecule has 50 heavy (non-hydrogen) atoms. The summed E-state index contributed by atoms with van der Waals surface area (Å²) in [5.41, 5.74) is -6.51. The minimum atomic E-state index is -2.36. The number of carbonyl (C=O) groups excluding carboxylic acids is 6. The molecule has 0 aromatic heterocycles. The molecule has 0 radical (unpaired) electrons. The Hall–Kier alpha value is -4.36. The first kappa shape index (κ1) is 36.9. The zero-order valence-electron chi connectivity index (χ0n) is 29.3. The summed E-state index contributed by atoms with van der Waals surface area (Å²) >= 11 is 0. The normalized spacial score (nSPS) is 39.0. The second kappa shape index (κ2) is 13.1. The molecule has 0 amide bonds. The van der Waals surface area contributed by atoms with Crippen molar-refractivity contribution in [3.63, 3.8) is 0 Å². The minimum Gasteiger partial charge on any atom is -0.462 e. The van der Waals surface area contributed by atoms with Crippen LogP contribution in [-0.4, -0.2) is 89.1 Å². The Morgan fingerprint density at radius 2 is 1.44 bits per heavy atom. The van der Waals surface area contributed by atoms with Gasteiger partial charge < -0.3 is 33.5 Å². The summed E-state index contributed by atoms with van der Waals surface area (Å²) < 4.78 is 35.9. The van der Waals surface area contributed by atoms with Gasteiger partial charge in [0.2, 0.25) is 0 Å². The second-order valence-electron chi connectivity index (χ2n) is 14.3. The number of carbonyl (C=O) groups is 6. The fourth-order valence-corrected chi connectivity index (χ4v) is 8.98. The van der Waals surface area contributed by atoms with Crippen molar-refractivity contribution in [3.8, 4) is 0 Å². The number of fused-ring (bicyclic) bond motifs is 1. The van der Waals surface area contributed by atoms with Gasteiger partial charge >= 0.3 is 29.8 Å². The topological polar surface area (TPSA) is 178 Å². The largest absolute Gasteiger partial charge is 0.462 e. The van der Waals surface area contributed by atoms with E-state index in [0.717, 1.165) is 19.4 Å². The van der Waals surface area contributed by atoms with Crippen molar-refractivity contribution >= 4 is 41.7 Å². The molecule has 4 aliphatic rings. The Bertz CT molecular complexity index is 1630. The standard InChI is InChI=1S/C37H44O13/c1-19-26(50-29(43)15-14-24-12-10-9-11-13-24)17-28(46-20(2)38)35(7)30(19)31(47-21(3)39)25-16-27(42)36(8)37(44,34(25,6)18-45-36)33(49-23(5)41)32(35)48-22(4)40/h9-15,25-26,28,30-33,44H,1,16-18H2,2-8H3/b15-14+/t25-,26-,28-,30+,31+,32-,33-,34-,35+,36+,37-/m0/s1. The average molecular weight is 697 g/mol. The highest BCUT2D eigenvalue weighted by atomic mass is 16.6. The van der Waals surface area contributed by atoms with Crippen molar-refractivity contribution in [3.05, 3.63) is 54.1 Å². The molecule has 13 heteroatoms. The Kier molecular flexibility index (Phi) is 9.65. The highest BCUT2D eigenvalue weighted by Gasteiger charge is 2.82. The first-order valence-electron chi connectivity index (χ1n) is 16.5. The molecular formula is C37H44O13. The number of Topliss-reactive ketones (excluding diaryl/α,β-unsaturated/α-hetero) is 1. The van der Waals surface area contributed by atoms with E-state index in [-0.39, 0.29) is 25.0 Å². The van der Waals surface area contributed by atoms with Crippen LogP contribution in [0.25, 0.3) is 6.08 Å². The zero-order chi connectivity index (χ0) is 37.0. The van der Waals surface area contributed by atoms with Gasteiger partial charge in [-0.3, -0.25) is 24.0 Å². The van der Waals surface area contributed by atoms with Crippen molar-refractivity contribution in [1.82, 2.24) is 0 Å². The molecule has 11 atom stereocenters. The molecule has 1 aromatic rings. The monoisotopic (exact) mass is 696 g/mol. The van der Waals surface area contributed by atoms with Gasteiger partial charge in [-0.25, -0.2) is 4.79 Å². The highest BCUT2D eigenvalue weighted by Crippen LogP contribution is 2.67. The third-order valence-electron chi connectivity index (χ3n) is 11.3. The van der Waals surface area contributed by atoms with Crippen LogP contribution in [0.5, 0.6) is 0 Å². The SMILES string of the molecule is C=C1[C@@H](OC(=O)/C=C/c2ccccc2)C[C@H](OC(C)=O)[C@]2(C)[C@H]1[C@H](OC(C)=O)[C@@H]1CC(=O)[C@@]3(C)OC[C@]1(C)[C@@]3(O)[C@@H](OC(C)=O)[C@@H]2OC(C)=O. The molecule has 0 unspecified atom stereocenters. The lowest BCUT2D eigenvalue weighted by molar-refractivity contribution is -0.295. The predicted octanol–water partition coefficient (Wildman–Crippen LogP) is 3.05. The quantitative estimate of drug-likeness (QED) is 0.191. The van der Waals surface area contributed by atoms with E-state index >= 15 is 0 Å². The van der Waals surface area contributed by atoms with Gasteiger partial charge in [0.1, 0.15) is 23.9 Å². The Labute approximate surface area is 290 Å². The molecule has 3 aliphatic carbocycles. The van der Waals surface area contributed by atoms with Gasteiger partial charge in [0.05, 0.1) is 12.0 Å². The third kappa shape index (κ3) is 5.73. The first-order valence-corrected chi connectivity index (χ1v) is 16.5. The molecule has 4 fully saturated rings. The zero-order valence-corrected chi connectivity index (χ0v) is 29.3. The summed E-state index contributed by atoms with van der Waals surface area (Å²) in [5, 5.41) is 13.0. The number of rotatable bonds is 7. The lowest BCUT2D eigenvalue weighted by atomic mass is 9.44. The second-order valence-corrected chi connectivity index (χ2v) is 14.3. The fraction of sp³-hybridized carbons (Fsp3) is 0.568. The molecule has 4 bridgehead atoms. The molecule has 0 spiro atoms. The Balaban J connectivity index is 1.76. The molecular weight excluding hydrogens is 652 g/mol. The van der Waals surface area contributed by atoms with E-state index in [1.165, 1.54) is 26.8 Å². The number of ether oxygens (including phenoxy) is 6. The third-order valence-corrected chi connectivity index (χ3v) is 11.3. The number of benzene rings is 1. The van der Waals surface area contributed by atoms with Gasteiger partial charge in [0.25, 0.3) is 0 Å². The summed E-state index contributed by atoms with van der Waals surface area (Å²) in [4.78, 5) is 78.9. The van der Waals surface area contributed by atoms with Gasteiger partial charge in [0, 0.05) is 63.9 Å². The summed E-state index contributed by atoms with van der Waals surface area (Å²) in [7, 11) is 0. The van der Waals surface area contributed by atoms with Crippen LogP contribution in [0.4, 0.5) is 0 Å². The Morgan fingerprint density at radius 3 is 2.02 bits per heavy atom. The van der Waals surface area contributed by atoms with Gasteiger partial charge in [-0.1, -0.05) is 50.8 Å². The van der Waals surface area contributed by atoms with Crippen LogP contribution < -0.4 is 0 Å². The van der Waals surface area contributed by atoms with E-state index in [9.17, 15) is 33.9 Å². The van der Waals surface area contributed by atoms with Gasteiger partial charge in [-0.05, 0) is 24.1 Å². The highest BCUT2D eigenvalue weighted by molar-refractivity contribution is 5.91. The van der Waals surface area contributed by atoms with Gasteiger partial charge in [0.15, 0.2) is 23.6 Å². The van der Waals surface area contributed by atoms with Gasteiger partial charge in [-0.2, -0.15) is 0 Å². The number of aliphatic hydroxyl groups is 1. The van der Waals surface area contributed by atoms with Crippen LogP contribution in [0.15, 0.2) is 48.6 Å². The lowest BCUT2D eigenvalue weighted by Crippen LogP contribution is -2.80. The van der Waals surface area contributed by atoms with Crippen LogP contribution >= 0.6 is 0 Å². The molecule has 13 nitrogen and oxygen atoms in total. The van der Waals surface area contributed by atoms with Crippen LogP contribution in [0, 0.1) is 22.7 Å². The smallest absolute Gasteiger partial charge is 0.331 e. The maximum Gasteiger partial charge on any atom is 0.331 e. The maximum atomic E-state index is 14.1. The summed E-state index contributed by atoms with van der Waals surface area (Å²) in [5.74, 6) is -6.69. The van der Waals surface area contributed by atoms with Crippen LogP contribution in [0.2, 0.25) is 0 Å². The average Bonchev–Trinajstić information content (AvgIpc) is 3.17. The van der Waals surface area contributed by atoms with E-state index in [2.05, 4.69) is 6.58 Å². The minimum absolute atomic E-state index is 0.194. The fourth-order valence-electron chi connectivity index (χ4n) is 8.98. The molecule has 1 saturated heterocycles. The Morgan fingerprint density at radius 1 is 0.860 bits per heavy atom. The summed E-state index contributed by atoms with van der Waals surface area (Å²) in [6, 6.07) is 9.03. The van der Waals surface area contributed by atoms with Crippen molar-refractivity contribution in [2.75, 3.05) is 6.61 Å². The number of ketones is 1. The maximum absolute atomic E-state index is 14.1. The lowest BCUT2D eigenvalue weighted by Gasteiger charge is -2.64. The molecule has 1 N–H and O–H groups in total. The molecule has 1 aromatic carbocycles.